The van der Waals surface area contributed by atoms with Crippen molar-refractivity contribution in [3.63, 3.8) is 0 Å². The van der Waals surface area contributed by atoms with Gasteiger partial charge in [-0.3, -0.25) is 9.59 Å². The van der Waals surface area contributed by atoms with Crippen molar-refractivity contribution in [2.24, 2.45) is 34.5 Å². The second-order valence-electron chi connectivity index (χ2n) is 9.21. The first-order chi connectivity index (χ1) is 12.9. The van der Waals surface area contributed by atoms with Crippen molar-refractivity contribution >= 4 is 58.2 Å². The third-order valence-electron chi connectivity index (χ3n) is 6.87. The minimum absolute atomic E-state index is 0.0600. The van der Waals surface area contributed by atoms with Crippen molar-refractivity contribution in [1.29, 1.82) is 0 Å². The number of rotatable bonds is 4. The van der Waals surface area contributed by atoms with Gasteiger partial charge in [-0.2, -0.15) is 0 Å². The van der Waals surface area contributed by atoms with E-state index in [0.29, 0.717) is 26.2 Å². The lowest BCUT2D eigenvalue weighted by molar-refractivity contribution is -0.142. The summed E-state index contributed by atoms with van der Waals surface area (Å²) >= 11 is 23.2. The van der Waals surface area contributed by atoms with E-state index in [4.69, 9.17) is 46.4 Å². The minimum Gasteiger partial charge on any atom is -0.339 e. The molecule has 0 unspecified atom stereocenters. The summed E-state index contributed by atoms with van der Waals surface area (Å²) in [6.07, 6.45) is 3.52. The van der Waals surface area contributed by atoms with Gasteiger partial charge in [-0.25, -0.2) is 0 Å². The third-order valence-corrected chi connectivity index (χ3v) is 7.37. The Hall–Kier alpha value is -0.420. The SMILES string of the molecule is CC1(C)[C@H](C=C(Cl)Cl)[C@H]1C(=O)N1CCN(C(=O)[C@@H]2[C@H](C=C(Cl)Cl)C2(C)C)CC1. The summed E-state index contributed by atoms with van der Waals surface area (Å²) in [5, 5.41) is 0. The Morgan fingerprint density at radius 1 is 0.714 bits per heavy atom. The highest BCUT2D eigenvalue weighted by molar-refractivity contribution is 6.56. The fourth-order valence-corrected chi connectivity index (χ4v) is 5.28. The lowest BCUT2D eigenvalue weighted by Crippen LogP contribution is -2.52. The molecule has 1 heterocycles. The van der Waals surface area contributed by atoms with Crippen molar-refractivity contribution < 1.29 is 9.59 Å². The molecule has 1 aliphatic heterocycles. The summed E-state index contributed by atoms with van der Waals surface area (Å²) < 4.78 is 0.410. The minimum atomic E-state index is -0.141. The van der Waals surface area contributed by atoms with Gasteiger partial charge in [0.2, 0.25) is 11.8 Å². The van der Waals surface area contributed by atoms with Crippen LogP contribution < -0.4 is 0 Å². The molecule has 156 valence electrons. The normalized spacial score (nSPS) is 32.4. The van der Waals surface area contributed by atoms with E-state index >= 15 is 0 Å². The smallest absolute Gasteiger partial charge is 0.226 e. The molecular formula is C20H26Cl4N2O2. The van der Waals surface area contributed by atoms with E-state index < -0.39 is 0 Å². The Balaban J connectivity index is 1.57. The van der Waals surface area contributed by atoms with Crippen LogP contribution in [0.3, 0.4) is 0 Å². The maximum absolute atomic E-state index is 12.9. The van der Waals surface area contributed by atoms with E-state index in [2.05, 4.69) is 27.7 Å². The molecule has 0 aromatic heterocycles. The summed E-state index contributed by atoms with van der Waals surface area (Å²) in [4.78, 5) is 29.6. The molecule has 0 N–H and O–H groups in total. The zero-order valence-corrected chi connectivity index (χ0v) is 19.5. The van der Waals surface area contributed by atoms with Gasteiger partial charge in [-0.05, 0) is 34.8 Å². The van der Waals surface area contributed by atoms with Crippen LogP contribution >= 0.6 is 46.4 Å². The summed E-state index contributed by atoms with van der Waals surface area (Å²) in [6, 6.07) is 0. The third kappa shape index (κ3) is 4.08. The summed E-state index contributed by atoms with van der Waals surface area (Å²) in [7, 11) is 0. The predicted octanol–water partition coefficient (Wildman–Crippen LogP) is 4.84. The van der Waals surface area contributed by atoms with Crippen LogP contribution in [0.15, 0.2) is 21.1 Å². The van der Waals surface area contributed by atoms with Crippen LogP contribution in [0.2, 0.25) is 0 Å². The topological polar surface area (TPSA) is 40.6 Å². The van der Waals surface area contributed by atoms with Gasteiger partial charge in [-0.15, -0.1) is 0 Å². The lowest BCUT2D eigenvalue weighted by atomic mass is 10.1. The van der Waals surface area contributed by atoms with E-state index in [-0.39, 0.29) is 55.3 Å². The highest BCUT2D eigenvalue weighted by Crippen LogP contribution is 2.61. The van der Waals surface area contributed by atoms with E-state index in [1.807, 2.05) is 9.80 Å². The number of halogens is 4. The van der Waals surface area contributed by atoms with Crippen LogP contribution in [0, 0.1) is 34.5 Å². The molecule has 8 heteroatoms. The molecule has 0 radical (unpaired) electrons. The molecule has 2 amide bonds. The first-order valence-corrected chi connectivity index (χ1v) is 11.0. The number of hydrogen-bond donors (Lipinski definition) is 0. The zero-order chi connectivity index (χ0) is 21.0. The maximum atomic E-state index is 12.9. The number of amides is 2. The highest BCUT2D eigenvalue weighted by atomic mass is 35.5. The number of allylic oxidation sites excluding steroid dienone is 2. The van der Waals surface area contributed by atoms with Gasteiger partial charge >= 0.3 is 0 Å². The fraction of sp³-hybridized carbons (Fsp3) is 0.700. The van der Waals surface area contributed by atoms with Gasteiger partial charge < -0.3 is 9.80 Å². The number of carbonyl (C=O) groups excluding carboxylic acids is 2. The second kappa shape index (κ2) is 7.68. The number of carbonyl (C=O) groups is 2. The molecule has 1 saturated heterocycles. The molecule has 2 aliphatic carbocycles. The molecule has 3 aliphatic rings. The molecule has 3 rings (SSSR count). The van der Waals surface area contributed by atoms with Crippen LogP contribution in [-0.2, 0) is 9.59 Å². The van der Waals surface area contributed by atoms with E-state index in [1.165, 1.54) is 0 Å². The van der Waals surface area contributed by atoms with Gasteiger partial charge in [0, 0.05) is 26.2 Å². The van der Waals surface area contributed by atoms with Crippen molar-refractivity contribution in [3.05, 3.63) is 21.1 Å². The zero-order valence-electron chi connectivity index (χ0n) is 16.5. The van der Waals surface area contributed by atoms with Crippen LogP contribution in [0.1, 0.15) is 27.7 Å². The van der Waals surface area contributed by atoms with E-state index in [1.54, 1.807) is 12.2 Å². The van der Waals surface area contributed by atoms with Gasteiger partial charge in [0.05, 0.1) is 11.8 Å². The first-order valence-electron chi connectivity index (χ1n) is 9.52. The molecule has 28 heavy (non-hydrogen) atoms. The molecule has 0 spiro atoms. The molecule has 0 aromatic carbocycles. The molecule has 3 fully saturated rings. The van der Waals surface area contributed by atoms with Crippen LogP contribution in [0.5, 0.6) is 0 Å². The lowest BCUT2D eigenvalue weighted by Gasteiger charge is -2.35. The Bertz CT molecular complexity index is 668. The van der Waals surface area contributed by atoms with Crippen molar-refractivity contribution in [1.82, 2.24) is 9.80 Å². The average Bonchev–Trinajstić information content (AvgIpc) is 3.33. The molecular weight excluding hydrogens is 442 g/mol. The van der Waals surface area contributed by atoms with Crippen LogP contribution in [0.4, 0.5) is 0 Å². The fourth-order valence-electron chi connectivity index (χ4n) is 4.73. The number of nitrogens with zero attached hydrogens (tertiary/aromatic N) is 2. The van der Waals surface area contributed by atoms with Crippen molar-refractivity contribution in [2.45, 2.75) is 27.7 Å². The van der Waals surface area contributed by atoms with Crippen molar-refractivity contribution in [2.75, 3.05) is 26.2 Å². The van der Waals surface area contributed by atoms with Gasteiger partial charge in [0.1, 0.15) is 8.98 Å². The Kier molecular flexibility index (Phi) is 6.11. The van der Waals surface area contributed by atoms with E-state index in [9.17, 15) is 9.59 Å². The van der Waals surface area contributed by atoms with Gasteiger partial charge in [-0.1, -0.05) is 74.1 Å². The quantitative estimate of drug-likeness (QED) is 0.593. The number of piperazine rings is 1. The first kappa shape index (κ1) is 22.3. The number of hydrogen-bond acceptors (Lipinski definition) is 2. The standard InChI is InChI=1S/C20H26Cl4N2O2/c1-19(2)11(9-13(21)22)15(19)17(27)25-5-7-26(8-6-25)18(28)16-12(10-14(23)24)20(16,3)4/h9-12,15-16H,5-8H2,1-4H3/t11-,12+,15-,16-/m0/s1. The Morgan fingerprint density at radius 3 is 1.25 bits per heavy atom. The van der Waals surface area contributed by atoms with Crippen LogP contribution in [0.25, 0.3) is 0 Å². The van der Waals surface area contributed by atoms with Gasteiger partial charge in [0.25, 0.3) is 0 Å². The van der Waals surface area contributed by atoms with Crippen LogP contribution in [-0.4, -0.2) is 47.8 Å². The van der Waals surface area contributed by atoms with Crippen molar-refractivity contribution in [3.8, 4) is 0 Å². The van der Waals surface area contributed by atoms with Gasteiger partial charge in [0.15, 0.2) is 0 Å². The second-order valence-corrected chi connectivity index (χ2v) is 11.2. The Morgan fingerprint density at radius 2 is 1.00 bits per heavy atom. The molecule has 0 bridgehead atoms. The molecule has 4 atom stereocenters. The molecule has 0 aromatic rings. The predicted molar refractivity (Wildman–Crippen MR) is 114 cm³/mol. The Labute approximate surface area is 186 Å². The monoisotopic (exact) mass is 466 g/mol. The van der Waals surface area contributed by atoms with E-state index in [0.717, 1.165) is 0 Å². The summed E-state index contributed by atoms with van der Waals surface area (Å²) in [5.74, 6) is 0.147. The maximum Gasteiger partial charge on any atom is 0.226 e. The molecule has 4 nitrogen and oxygen atoms in total. The average molecular weight is 468 g/mol. The highest BCUT2D eigenvalue weighted by Gasteiger charge is 2.63. The summed E-state index contributed by atoms with van der Waals surface area (Å²) in [6.45, 7) is 10.4. The summed E-state index contributed by atoms with van der Waals surface area (Å²) in [5.41, 5.74) is -0.283. The molecule has 2 saturated carbocycles. The largest absolute Gasteiger partial charge is 0.339 e.